The van der Waals surface area contributed by atoms with Gasteiger partial charge in [0.1, 0.15) is 0 Å². The Balaban J connectivity index is 2.67. The summed E-state index contributed by atoms with van der Waals surface area (Å²) in [6.45, 7) is 3.32. The van der Waals surface area contributed by atoms with E-state index in [0.717, 1.165) is 22.2 Å². The molecule has 1 aromatic carbocycles. The Labute approximate surface area is 92.3 Å². The molecule has 0 bridgehead atoms. The fourth-order valence-corrected chi connectivity index (χ4v) is 1.69. The van der Waals surface area contributed by atoms with Gasteiger partial charge in [-0.1, -0.05) is 6.07 Å². The zero-order valence-corrected chi connectivity index (χ0v) is 9.13. The van der Waals surface area contributed by atoms with Gasteiger partial charge in [0.25, 0.3) is 0 Å². The number of pyridine rings is 1. The van der Waals surface area contributed by atoms with Crippen molar-refractivity contribution in [1.82, 2.24) is 4.98 Å². The summed E-state index contributed by atoms with van der Waals surface area (Å²) in [5.41, 5.74) is 2.21. The van der Waals surface area contributed by atoms with E-state index in [1.807, 2.05) is 19.1 Å². The zero-order chi connectivity index (χ0) is 11.7. The third kappa shape index (κ3) is 1.82. The van der Waals surface area contributed by atoms with Gasteiger partial charge in [-0.05, 0) is 30.0 Å². The smallest absolute Gasteiger partial charge is 0.248 e. The Morgan fingerprint density at radius 2 is 1.94 bits per heavy atom. The molecular weight excluding hydrogens is 204 g/mol. The first kappa shape index (κ1) is 10.4. The Morgan fingerprint density at radius 1 is 1.25 bits per heavy atom. The quantitative estimate of drug-likeness (QED) is 0.763. The van der Waals surface area contributed by atoms with Crippen LogP contribution in [0.25, 0.3) is 10.9 Å². The Morgan fingerprint density at radius 3 is 2.62 bits per heavy atom. The molecule has 0 aliphatic heterocycles. The lowest BCUT2D eigenvalue weighted by Crippen LogP contribution is -2.09. The number of anilines is 1. The number of fused-ring (bicyclic) bond motifs is 1. The second-order valence-corrected chi connectivity index (χ2v) is 3.71. The van der Waals surface area contributed by atoms with Crippen molar-refractivity contribution in [2.45, 2.75) is 13.8 Å². The van der Waals surface area contributed by atoms with Crippen molar-refractivity contribution in [2.75, 3.05) is 5.32 Å². The number of nitrogens with one attached hydrogen (secondary N) is 2. The lowest BCUT2D eigenvalue weighted by Gasteiger charge is -2.08. The van der Waals surface area contributed by atoms with Crippen molar-refractivity contribution in [1.29, 1.82) is 0 Å². The number of aromatic amines is 1. The highest BCUT2D eigenvalue weighted by molar-refractivity contribution is 5.94. The van der Waals surface area contributed by atoms with Gasteiger partial charge in [-0.15, -0.1) is 0 Å². The summed E-state index contributed by atoms with van der Waals surface area (Å²) in [5.74, 6) is -0.124. The van der Waals surface area contributed by atoms with E-state index in [1.54, 1.807) is 6.07 Å². The second-order valence-electron chi connectivity index (χ2n) is 3.71. The minimum Gasteiger partial charge on any atom is -0.326 e. The van der Waals surface area contributed by atoms with Crippen molar-refractivity contribution in [2.24, 2.45) is 0 Å². The van der Waals surface area contributed by atoms with Crippen LogP contribution in [0.2, 0.25) is 0 Å². The average Bonchev–Trinajstić information content (AvgIpc) is 2.22. The van der Waals surface area contributed by atoms with Crippen LogP contribution in [0.15, 0.2) is 29.1 Å². The van der Waals surface area contributed by atoms with Crippen molar-refractivity contribution in [3.05, 3.63) is 40.2 Å². The molecule has 1 heterocycles. The summed E-state index contributed by atoms with van der Waals surface area (Å²) < 4.78 is 0. The molecule has 1 aromatic heterocycles. The predicted molar refractivity (Wildman–Crippen MR) is 63.6 cm³/mol. The molecule has 0 saturated heterocycles. The number of aromatic nitrogens is 1. The van der Waals surface area contributed by atoms with Crippen LogP contribution in [-0.2, 0) is 4.79 Å². The minimum atomic E-state index is -0.143. The van der Waals surface area contributed by atoms with E-state index in [4.69, 9.17) is 0 Å². The highest BCUT2D eigenvalue weighted by Crippen LogP contribution is 2.22. The lowest BCUT2D eigenvalue weighted by molar-refractivity contribution is -0.114. The molecule has 0 fully saturated rings. The number of hydrogen-bond donors (Lipinski definition) is 2. The number of benzene rings is 1. The SMILES string of the molecule is CC(=O)Nc1ccc2ccc(=O)[nH]c2c1C. The van der Waals surface area contributed by atoms with E-state index in [9.17, 15) is 9.59 Å². The van der Waals surface area contributed by atoms with E-state index < -0.39 is 0 Å². The Bertz CT molecular complexity index is 614. The Kier molecular flexibility index (Phi) is 2.48. The van der Waals surface area contributed by atoms with Crippen LogP contribution in [0, 0.1) is 6.92 Å². The molecule has 2 rings (SSSR count). The average molecular weight is 216 g/mol. The summed E-state index contributed by atoms with van der Waals surface area (Å²) in [7, 11) is 0. The number of H-pyrrole nitrogens is 1. The molecule has 16 heavy (non-hydrogen) atoms. The molecule has 0 aliphatic carbocycles. The van der Waals surface area contributed by atoms with Gasteiger partial charge in [-0.3, -0.25) is 9.59 Å². The highest BCUT2D eigenvalue weighted by Gasteiger charge is 2.05. The van der Waals surface area contributed by atoms with Crippen molar-refractivity contribution >= 4 is 22.5 Å². The summed E-state index contributed by atoms with van der Waals surface area (Å²) >= 11 is 0. The summed E-state index contributed by atoms with van der Waals surface area (Å²) in [6, 6.07) is 6.94. The number of amides is 1. The maximum Gasteiger partial charge on any atom is 0.248 e. The topological polar surface area (TPSA) is 62.0 Å². The zero-order valence-electron chi connectivity index (χ0n) is 9.13. The van der Waals surface area contributed by atoms with Crippen LogP contribution in [-0.4, -0.2) is 10.9 Å². The predicted octanol–water partition coefficient (Wildman–Crippen LogP) is 1.79. The van der Waals surface area contributed by atoms with Gasteiger partial charge >= 0.3 is 0 Å². The third-order valence-electron chi connectivity index (χ3n) is 2.47. The first-order valence-corrected chi connectivity index (χ1v) is 4.98. The van der Waals surface area contributed by atoms with E-state index >= 15 is 0 Å². The largest absolute Gasteiger partial charge is 0.326 e. The first-order valence-electron chi connectivity index (χ1n) is 4.98. The van der Waals surface area contributed by atoms with Gasteiger partial charge in [-0.25, -0.2) is 0 Å². The summed E-state index contributed by atoms with van der Waals surface area (Å²) in [6.07, 6.45) is 0. The first-order chi connectivity index (χ1) is 7.58. The van der Waals surface area contributed by atoms with E-state index in [0.29, 0.717) is 0 Å². The number of aryl methyl sites for hydroxylation is 1. The van der Waals surface area contributed by atoms with E-state index in [1.165, 1.54) is 13.0 Å². The number of rotatable bonds is 1. The molecule has 0 atom stereocenters. The molecule has 82 valence electrons. The molecule has 2 N–H and O–H groups in total. The van der Waals surface area contributed by atoms with Crippen LogP contribution in [0.1, 0.15) is 12.5 Å². The van der Waals surface area contributed by atoms with Gasteiger partial charge in [-0.2, -0.15) is 0 Å². The molecule has 0 radical (unpaired) electrons. The maximum absolute atomic E-state index is 11.2. The standard InChI is InChI=1S/C12H12N2O2/c1-7-10(13-8(2)15)5-3-9-4-6-11(16)14-12(7)9/h3-6H,1-2H3,(H,13,15)(H,14,16). The van der Waals surface area contributed by atoms with Gasteiger partial charge in [0.15, 0.2) is 0 Å². The fraction of sp³-hybridized carbons (Fsp3) is 0.167. The molecule has 0 spiro atoms. The number of hydrogen-bond acceptors (Lipinski definition) is 2. The van der Waals surface area contributed by atoms with Gasteiger partial charge < -0.3 is 10.3 Å². The van der Waals surface area contributed by atoms with Crippen molar-refractivity contribution in [3.8, 4) is 0 Å². The second kappa shape index (κ2) is 3.81. The van der Waals surface area contributed by atoms with E-state index in [-0.39, 0.29) is 11.5 Å². The number of carbonyl (C=O) groups excluding carboxylic acids is 1. The van der Waals surface area contributed by atoms with Crippen LogP contribution in [0.4, 0.5) is 5.69 Å². The van der Waals surface area contributed by atoms with Gasteiger partial charge in [0.05, 0.1) is 5.52 Å². The highest BCUT2D eigenvalue weighted by atomic mass is 16.1. The molecule has 4 heteroatoms. The minimum absolute atomic E-state index is 0.124. The molecule has 1 amide bonds. The van der Waals surface area contributed by atoms with Crippen molar-refractivity contribution < 1.29 is 4.79 Å². The van der Waals surface area contributed by atoms with Crippen LogP contribution in [0.5, 0.6) is 0 Å². The van der Waals surface area contributed by atoms with Crippen LogP contribution in [0.3, 0.4) is 0 Å². The summed E-state index contributed by atoms with van der Waals surface area (Å²) in [4.78, 5) is 25.0. The molecule has 0 aliphatic rings. The monoisotopic (exact) mass is 216 g/mol. The fourth-order valence-electron chi connectivity index (χ4n) is 1.69. The maximum atomic E-state index is 11.2. The Hall–Kier alpha value is -2.10. The summed E-state index contributed by atoms with van der Waals surface area (Å²) in [5, 5.41) is 3.67. The molecule has 0 saturated carbocycles. The lowest BCUT2D eigenvalue weighted by atomic mass is 10.1. The van der Waals surface area contributed by atoms with Crippen LogP contribution >= 0.6 is 0 Å². The van der Waals surface area contributed by atoms with Crippen molar-refractivity contribution in [3.63, 3.8) is 0 Å². The molecule has 2 aromatic rings. The van der Waals surface area contributed by atoms with Gasteiger partial charge in [0.2, 0.25) is 11.5 Å². The molecular formula is C12H12N2O2. The molecule has 4 nitrogen and oxygen atoms in total. The van der Waals surface area contributed by atoms with Crippen LogP contribution < -0.4 is 10.9 Å². The third-order valence-corrected chi connectivity index (χ3v) is 2.47. The van der Waals surface area contributed by atoms with E-state index in [2.05, 4.69) is 10.3 Å². The molecule has 0 unspecified atom stereocenters. The normalized spacial score (nSPS) is 10.4. The number of carbonyl (C=O) groups is 1. The van der Waals surface area contributed by atoms with Gasteiger partial charge in [0, 0.05) is 18.7 Å².